The molecule has 0 spiro atoms. The maximum Gasteiger partial charge on any atom is 0.321 e. The monoisotopic (exact) mass is 409 g/mol. The molecule has 160 valence electrons. The SMILES string of the molecule is COc1ccccc1CCN(C)C(=O)C1CCN(C(=O)Nc2cccc(C)c2)CC1. The summed E-state index contributed by atoms with van der Waals surface area (Å²) >= 11 is 0. The van der Waals surface area contributed by atoms with Crippen molar-refractivity contribution in [3.63, 3.8) is 0 Å². The Morgan fingerprint density at radius 3 is 2.57 bits per heavy atom. The predicted octanol–water partition coefficient (Wildman–Crippen LogP) is 3.95. The number of urea groups is 1. The van der Waals surface area contributed by atoms with Gasteiger partial charge in [0.2, 0.25) is 5.91 Å². The third kappa shape index (κ3) is 5.53. The zero-order valence-electron chi connectivity index (χ0n) is 18.1. The molecule has 1 aliphatic heterocycles. The summed E-state index contributed by atoms with van der Waals surface area (Å²) in [5.41, 5.74) is 3.00. The van der Waals surface area contributed by atoms with Crippen LogP contribution in [0.4, 0.5) is 10.5 Å². The molecule has 1 heterocycles. The molecule has 6 heteroatoms. The van der Waals surface area contributed by atoms with E-state index in [1.54, 1.807) is 16.9 Å². The second-order valence-corrected chi connectivity index (χ2v) is 7.88. The summed E-state index contributed by atoms with van der Waals surface area (Å²) in [6, 6.07) is 15.6. The van der Waals surface area contributed by atoms with Crippen LogP contribution in [0.15, 0.2) is 48.5 Å². The van der Waals surface area contributed by atoms with Crippen LogP contribution in [0.2, 0.25) is 0 Å². The van der Waals surface area contributed by atoms with E-state index in [0.717, 1.165) is 29.0 Å². The maximum absolute atomic E-state index is 12.9. The highest BCUT2D eigenvalue weighted by Gasteiger charge is 2.29. The van der Waals surface area contributed by atoms with Crippen LogP contribution >= 0.6 is 0 Å². The number of hydrogen-bond donors (Lipinski definition) is 1. The van der Waals surface area contributed by atoms with Gasteiger partial charge in [0, 0.05) is 38.3 Å². The first-order valence-corrected chi connectivity index (χ1v) is 10.5. The third-order valence-electron chi connectivity index (χ3n) is 5.69. The number of likely N-dealkylation sites (tertiary alicyclic amines) is 1. The van der Waals surface area contributed by atoms with E-state index >= 15 is 0 Å². The van der Waals surface area contributed by atoms with Gasteiger partial charge in [0.1, 0.15) is 5.75 Å². The number of hydrogen-bond acceptors (Lipinski definition) is 3. The molecular formula is C24H31N3O3. The van der Waals surface area contributed by atoms with Gasteiger partial charge in [0.25, 0.3) is 0 Å². The summed E-state index contributed by atoms with van der Waals surface area (Å²) in [6.45, 7) is 3.83. The van der Waals surface area contributed by atoms with Crippen molar-refractivity contribution in [2.75, 3.05) is 39.1 Å². The lowest BCUT2D eigenvalue weighted by molar-refractivity contribution is -0.135. The molecule has 2 aromatic rings. The number of amides is 3. The number of methoxy groups -OCH3 is 1. The Hall–Kier alpha value is -3.02. The first-order chi connectivity index (χ1) is 14.5. The van der Waals surface area contributed by atoms with Crippen LogP contribution in [0.1, 0.15) is 24.0 Å². The number of likely N-dealkylation sites (N-methyl/N-ethyl adjacent to an activating group) is 1. The average molecular weight is 410 g/mol. The van der Waals surface area contributed by atoms with Gasteiger partial charge >= 0.3 is 6.03 Å². The minimum Gasteiger partial charge on any atom is -0.496 e. The van der Waals surface area contributed by atoms with Crippen LogP contribution < -0.4 is 10.1 Å². The summed E-state index contributed by atoms with van der Waals surface area (Å²) in [5.74, 6) is 0.977. The molecule has 2 aromatic carbocycles. The zero-order valence-corrected chi connectivity index (χ0v) is 18.1. The number of piperidine rings is 1. The van der Waals surface area contributed by atoms with E-state index < -0.39 is 0 Å². The van der Waals surface area contributed by atoms with Crippen LogP contribution in [0, 0.1) is 12.8 Å². The Morgan fingerprint density at radius 2 is 1.87 bits per heavy atom. The fraction of sp³-hybridized carbons (Fsp3) is 0.417. The Bertz CT molecular complexity index is 876. The summed E-state index contributed by atoms with van der Waals surface area (Å²) in [5, 5.41) is 2.95. The van der Waals surface area contributed by atoms with Crippen molar-refractivity contribution in [2.45, 2.75) is 26.2 Å². The number of carbonyl (C=O) groups is 2. The lowest BCUT2D eigenvalue weighted by atomic mass is 9.95. The summed E-state index contributed by atoms with van der Waals surface area (Å²) in [6.07, 6.45) is 2.14. The van der Waals surface area contributed by atoms with Gasteiger partial charge in [0.05, 0.1) is 7.11 Å². The van der Waals surface area contributed by atoms with E-state index in [9.17, 15) is 9.59 Å². The molecule has 1 fully saturated rings. The summed E-state index contributed by atoms with van der Waals surface area (Å²) < 4.78 is 5.39. The molecular weight excluding hydrogens is 378 g/mol. The van der Waals surface area contributed by atoms with E-state index in [4.69, 9.17) is 4.74 Å². The van der Waals surface area contributed by atoms with Crippen molar-refractivity contribution in [3.8, 4) is 5.75 Å². The molecule has 0 aliphatic carbocycles. The molecule has 3 rings (SSSR count). The van der Waals surface area contributed by atoms with Gasteiger partial charge in [-0.05, 0) is 55.5 Å². The van der Waals surface area contributed by atoms with E-state index in [1.807, 2.05) is 62.5 Å². The second kappa shape index (κ2) is 10.1. The Balaban J connectivity index is 1.46. The molecule has 0 radical (unpaired) electrons. The van der Waals surface area contributed by atoms with Gasteiger partial charge in [-0.2, -0.15) is 0 Å². The Kier molecular flexibility index (Phi) is 7.33. The van der Waals surface area contributed by atoms with Gasteiger partial charge in [0.15, 0.2) is 0 Å². The van der Waals surface area contributed by atoms with Crippen LogP contribution in [0.3, 0.4) is 0 Å². The Morgan fingerprint density at radius 1 is 1.13 bits per heavy atom. The van der Waals surface area contributed by atoms with Gasteiger partial charge < -0.3 is 19.9 Å². The van der Waals surface area contributed by atoms with Crippen molar-refractivity contribution in [1.82, 2.24) is 9.80 Å². The van der Waals surface area contributed by atoms with Crippen molar-refractivity contribution >= 4 is 17.6 Å². The van der Waals surface area contributed by atoms with E-state index in [1.165, 1.54) is 0 Å². The molecule has 0 saturated carbocycles. The van der Waals surface area contributed by atoms with Crippen LogP contribution in [-0.2, 0) is 11.2 Å². The lowest BCUT2D eigenvalue weighted by Gasteiger charge is -2.33. The number of ether oxygens (including phenoxy) is 1. The van der Waals surface area contributed by atoms with Gasteiger partial charge in [-0.15, -0.1) is 0 Å². The second-order valence-electron chi connectivity index (χ2n) is 7.88. The predicted molar refractivity (Wildman–Crippen MR) is 119 cm³/mol. The fourth-order valence-electron chi connectivity index (χ4n) is 3.87. The summed E-state index contributed by atoms with van der Waals surface area (Å²) in [7, 11) is 3.52. The van der Waals surface area contributed by atoms with E-state index in [2.05, 4.69) is 5.32 Å². The van der Waals surface area contributed by atoms with E-state index in [-0.39, 0.29) is 17.9 Å². The quantitative estimate of drug-likeness (QED) is 0.786. The molecule has 1 saturated heterocycles. The molecule has 6 nitrogen and oxygen atoms in total. The standard InChI is InChI=1S/C24H31N3O3/c1-18-7-6-9-21(17-18)25-24(29)27-15-12-20(13-16-27)23(28)26(2)14-11-19-8-4-5-10-22(19)30-3/h4-10,17,20H,11-16H2,1-3H3,(H,25,29). The van der Waals surface area contributed by atoms with Gasteiger partial charge in [-0.1, -0.05) is 30.3 Å². The Labute approximate surface area is 178 Å². The number of para-hydroxylation sites is 1. The molecule has 0 atom stereocenters. The molecule has 0 unspecified atom stereocenters. The minimum atomic E-state index is -0.101. The van der Waals surface area contributed by atoms with Crippen LogP contribution in [0.25, 0.3) is 0 Å². The molecule has 1 N–H and O–H groups in total. The largest absolute Gasteiger partial charge is 0.496 e. The van der Waals surface area contributed by atoms with Crippen LogP contribution in [0.5, 0.6) is 5.75 Å². The summed E-state index contributed by atoms with van der Waals surface area (Å²) in [4.78, 5) is 29.0. The maximum atomic E-state index is 12.9. The number of carbonyl (C=O) groups excluding carboxylic acids is 2. The minimum absolute atomic E-state index is 0.0318. The highest BCUT2D eigenvalue weighted by Crippen LogP contribution is 2.22. The lowest BCUT2D eigenvalue weighted by Crippen LogP contribution is -2.45. The highest BCUT2D eigenvalue weighted by atomic mass is 16.5. The molecule has 30 heavy (non-hydrogen) atoms. The number of nitrogens with one attached hydrogen (secondary N) is 1. The number of nitrogens with zero attached hydrogens (tertiary/aromatic N) is 2. The third-order valence-corrected chi connectivity index (χ3v) is 5.69. The first-order valence-electron chi connectivity index (χ1n) is 10.5. The number of benzene rings is 2. The topological polar surface area (TPSA) is 61.9 Å². The van der Waals surface area contributed by atoms with Crippen LogP contribution in [-0.4, -0.2) is 55.5 Å². The van der Waals surface area contributed by atoms with Crippen molar-refractivity contribution in [3.05, 3.63) is 59.7 Å². The number of rotatable bonds is 6. The fourth-order valence-corrected chi connectivity index (χ4v) is 3.87. The number of aryl methyl sites for hydroxylation is 1. The highest BCUT2D eigenvalue weighted by molar-refractivity contribution is 5.89. The van der Waals surface area contributed by atoms with Crippen molar-refractivity contribution in [2.24, 2.45) is 5.92 Å². The smallest absolute Gasteiger partial charge is 0.321 e. The average Bonchev–Trinajstić information content (AvgIpc) is 2.77. The molecule has 1 aliphatic rings. The zero-order chi connectivity index (χ0) is 21.5. The number of anilines is 1. The van der Waals surface area contributed by atoms with Gasteiger partial charge in [-0.25, -0.2) is 4.79 Å². The normalized spacial score (nSPS) is 14.3. The van der Waals surface area contributed by atoms with E-state index in [0.29, 0.717) is 32.5 Å². The molecule has 0 aromatic heterocycles. The van der Waals surface area contributed by atoms with Crippen molar-refractivity contribution < 1.29 is 14.3 Å². The van der Waals surface area contributed by atoms with Gasteiger partial charge in [-0.3, -0.25) is 4.79 Å². The molecule has 3 amide bonds. The first kappa shape index (κ1) is 21.7. The molecule has 0 bridgehead atoms. The van der Waals surface area contributed by atoms with Crippen molar-refractivity contribution in [1.29, 1.82) is 0 Å².